The highest BCUT2D eigenvalue weighted by Gasteiger charge is 2.18. The summed E-state index contributed by atoms with van der Waals surface area (Å²) in [5.74, 6) is -1.13. The van der Waals surface area contributed by atoms with Gasteiger partial charge in [0.15, 0.2) is 0 Å². The molecule has 2 N–H and O–H groups in total. The number of H-pyrrole nitrogens is 1. The maximum absolute atomic E-state index is 12.2. The van der Waals surface area contributed by atoms with Crippen molar-refractivity contribution in [1.82, 2.24) is 15.2 Å². The van der Waals surface area contributed by atoms with Gasteiger partial charge in [-0.05, 0) is 49.2 Å². The molecule has 0 aliphatic carbocycles. The predicted octanol–water partition coefficient (Wildman–Crippen LogP) is 2.89. The van der Waals surface area contributed by atoms with Crippen molar-refractivity contribution < 1.29 is 14.3 Å². The van der Waals surface area contributed by atoms with Gasteiger partial charge in [0.1, 0.15) is 5.75 Å². The van der Waals surface area contributed by atoms with Crippen LogP contribution in [0.2, 0.25) is 0 Å². The number of benzene rings is 2. The molecule has 7 heteroatoms. The first-order valence-corrected chi connectivity index (χ1v) is 7.60. The Labute approximate surface area is 144 Å². The number of nitrogens with zero attached hydrogens (tertiary/aromatic N) is 2. The van der Waals surface area contributed by atoms with E-state index in [9.17, 15) is 9.59 Å². The summed E-state index contributed by atoms with van der Waals surface area (Å²) in [6.45, 7) is 3.81. The van der Waals surface area contributed by atoms with E-state index >= 15 is 0 Å². The molecule has 0 aliphatic rings. The smallest absolute Gasteiger partial charge is 0.383 e. The van der Waals surface area contributed by atoms with Crippen LogP contribution in [0.4, 0.5) is 5.69 Å². The van der Waals surface area contributed by atoms with Crippen LogP contribution in [-0.2, 0) is 0 Å². The van der Waals surface area contributed by atoms with Gasteiger partial charge < -0.3 is 10.1 Å². The van der Waals surface area contributed by atoms with Crippen LogP contribution in [-0.4, -0.2) is 27.1 Å². The number of carbonyl (C=O) groups is 2. The van der Waals surface area contributed by atoms with Crippen LogP contribution in [0, 0.1) is 13.8 Å². The summed E-state index contributed by atoms with van der Waals surface area (Å²) in [7, 11) is 0. The third-order valence-electron chi connectivity index (χ3n) is 3.36. The average molecular weight is 336 g/mol. The van der Waals surface area contributed by atoms with Gasteiger partial charge in [-0.15, -0.1) is 5.10 Å². The number of aromatic nitrogens is 3. The van der Waals surface area contributed by atoms with Crippen molar-refractivity contribution >= 4 is 17.6 Å². The van der Waals surface area contributed by atoms with Gasteiger partial charge in [-0.3, -0.25) is 9.89 Å². The molecular weight excluding hydrogens is 320 g/mol. The van der Waals surface area contributed by atoms with Crippen molar-refractivity contribution in [2.45, 2.75) is 13.8 Å². The number of anilines is 1. The first-order chi connectivity index (χ1) is 12.0. The molecule has 0 saturated heterocycles. The van der Waals surface area contributed by atoms with Gasteiger partial charge >= 0.3 is 5.97 Å². The van der Waals surface area contributed by atoms with Crippen molar-refractivity contribution in [2.24, 2.45) is 0 Å². The van der Waals surface area contributed by atoms with E-state index in [2.05, 4.69) is 20.5 Å². The highest BCUT2D eigenvalue weighted by Crippen LogP contribution is 2.14. The van der Waals surface area contributed by atoms with E-state index in [1.807, 2.05) is 38.1 Å². The largest absolute Gasteiger partial charge is 0.421 e. The maximum atomic E-state index is 12.2. The molecule has 0 fully saturated rings. The van der Waals surface area contributed by atoms with E-state index < -0.39 is 11.9 Å². The van der Waals surface area contributed by atoms with E-state index in [0.29, 0.717) is 11.4 Å². The summed E-state index contributed by atoms with van der Waals surface area (Å²) in [5, 5.41) is 8.87. The fraction of sp³-hybridized carbons (Fsp3) is 0.111. The first-order valence-electron chi connectivity index (χ1n) is 7.60. The Morgan fingerprint density at radius 3 is 2.48 bits per heavy atom. The number of aryl methyl sites for hydroxylation is 2. The van der Waals surface area contributed by atoms with Crippen molar-refractivity contribution in [1.29, 1.82) is 0 Å². The molecule has 0 atom stereocenters. The lowest BCUT2D eigenvalue weighted by Gasteiger charge is -2.03. The van der Waals surface area contributed by atoms with E-state index in [4.69, 9.17) is 4.74 Å². The highest BCUT2D eigenvalue weighted by molar-refractivity contribution is 6.02. The van der Waals surface area contributed by atoms with Crippen LogP contribution < -0.4 is 10.1 Å². The van der Waals surface area contributed by atoms with Crippen LogP contribution in [0.5, 0.6) is 5.75 Å². The number of aromatic amines is 1. The monoisotopic (exact) mass is 336 g/mol. The van der Waals surface area contributed by atoms with Crippen molar-refractivity contribution in [2.75, 3.05) is 5.32 Å². The van der Waals surface area contributed by atoms with Crippen molar-refractivity contribution in [3.8, 4) is 5.75 Å². The topological polar surface area (TPSA) is 97.0 Å². The number of nitrogens with one attached hydrogen (secondary N) is 2. The highest BCUT2D eigenvalue weighted by atomic mass is 16.5. The third-order valence-corrected chi connectivity index (χ3v) is 3.36. The lowest BCUT2D eigenvalue weighted by atomic mass is 10.2. The average Bonchev–Trinajstić information content (AvgIpc) is 3.05. The quantitative estimate of drug-likeness (QED) is 0.564. The Hall–Kier alpha value is -3.48. The number of carbonyl (C=O) groups excluding carboxylic acids is 2. The molecule has 7 nitrogen and oxygen atoms in total. The summed E-state index contributed by atoms with van der Waals surface area (Å²) in [6, 6.07) is 14.4. The van der Waals surface area contributed by atoms with Gasteiger partial charge in [0.05, 0.1) is 0 Å². The summed E-state index contributed by atoms with van der Waals surface area (Å²) in [6.07, 6.45) is 0. The second kappa shape index (κ2) is 6.96. The van der Waals surface area contributed by atoms with Crippen molar-refractivity contribution in [3.05, 3.63) is 71.3 Å². The molecule has 2 aromatic carbocycles. The lowest BCUT2D eigenvalue weighted by molar-refractivity contribution is 0.0722. The van der Waals surface area contributed by atoms with Crippen LogP contribution in [0.3, 0.4) is 0 Å². The summed E-state index contributed by atoms with van der Waals surface area (Å²) in [5.41, 5.74) is 2.60. The van der Waals surface area contributed by atoms with Gasteiger partial charge in [-0.25, -0.2) is 4.79 Å². The number of esters is 1. The van der Waals surface area contributed by atoms with Gasteiger partial charge in [0.2, 0.25) is 5.82 Å². The Morgan fingerprint density at radius 1 is 1.04 bits per heavy atom. The maximum Gasteiger partial charge on any atom is 0.383 e. The second-order valence-electron chi connectivity index (χ2n) is 5.54. The Kier molecular flexibility index (Phi) is 4.56. The standard InChI is InChI=1S/C18H16N4O3/c1-11-5-3-7-13(9-11)19-17(23)15-20-16(22-21-15)18(24)25-14-8-4-6-12(2)10-14/h3-10H,1-2H3,(H,19,23)(H,20,21,22). The van der Waals surface area contributed by atoms with Crippen molar-refractivity contribution in [3.63, 3.8) is 0 Å². The van der Waals surface area contributed by atoms with E-state index in [-0.39, 0.29) is 11.6 Å². The summed E-state index contributed by atoms with van der Waals surface area (Å²) >= 11 is 0. The molecule has 3 rings (SSSR count). The molecule has 0 saturated carbocycles. The Bertz CT molecular complexity index is 859. The van der Waals surface area contributed by atoms with Gasteiger partial charge in [-0.2, -0.15) is 4.98 Å². The molecule has 0 bridgehead atoms. The zero-order chi connectivity index (χ0) is 17.8. The van der Waals surface area contributed by atoms with Crippen LogP contribution in [0.1, 0.15) is 32.4 Å². The zero-order valence-electron chi connectivity index (χ0n) is 13.7. The number of amides is 1. The van der Waals surface area contributed by atoms with E-state index in [0.717, 1.165) is 11.1 Å². The molecule has 25 heavy (non-hydrogen) atoms. The van der Waals surface area contributed by atoms with Gasteiger partial charge in [0, 0.05) is 5.69 Å². The minimum absolute atomic E-state index is 0.0716. The molecule has 1 heterocycles. The lowest BCUT2D eigenvalue weighted by Crippen LogP contribution is -2.15. The fourth-order valence-corrected chi connectivity index (χ4v) is 2.20. The number of hydrogen-bond donors (Lipinski definition) is 2. The Morgan fingerprint density at radius 2 is 1.76 bits per heavy atom. The first kappa shape index (κ1) is 16.4. The fourth-order valence-electron chi connectivity index (χ4n) is 2.20. The van der Waals surface area contributed by atoms with E-state index in [1.165, 1.54) is 0 Å². The molecule has 0 unspecified atom stereocenters. The van der Waals surface area contributed by atoms with Crippen LogP contribution in [0.15, 0.2) is 48.5 Å². The molecule has 3 aromatic rings. The minimum atomic E-state index is -0.739. The second-order valence-corrected chi connectivity index (χ2v) is 5.54. The number of hydrogen-bond acceptors (Lipinski definition) is 5. The zero-order valence-corrected chi connectivity index (χ0v) is 13.7. The molecule has 0 radical (unpaired) electrons. The summed E-state index contributed by atoms with van der Waals surface area (Å²) < 4.78 is 5.19. The normalized spacial score (nSPS) is 10.3. The molecule has 1 aromatic heterocycles. The molecule has 1 amide bonds. The molecular formula is C18H16N4O3. The molecule has 0 aliphatic heterocycles. The Balaban J connectivity index is 1.69. The molecule has 126 valence electrons. The SMILES string of the molecule is Cc1cccc(NC(=O)c2nc(C(=O)Oc3cccc(C)c3)n[nH]2)c1. The predicted molar refractivity (Wildman–Crippen MR) is 91.7 cm³/mol. The summed E-state index contributed by atoms with van der Waals surface area (Å²) in [4.78, 5) is 28.1. The van der Waals surface area contributed by atoms with Gasteiger partial charge in [0.25, 0.3) is 11.7 Å². The number of ether oxygens (including phenoxy) is 1. The van der Waals surface area contributed by atoms with Gasteiger partial charge in [-0.1, -0.05) is 24.3 Å². The van der Waals surface area contributed by atoms with Crippen LogP contribution in [0.25, 0.3) is 0 Å². The number of rotatable bonds is 4. The molecule has 0 spiro atoms. The van der Waals surface area contributed by atoms with Crippen LogP contribution >= 0.6 is 0 Å². The van der Waals surface area contributed by atoms with E-state index in [1.54, 1.807) is 24.3 Å². The minimum Gasteiger partial charge on any atom is -0.421 e. The third kappa shape index (κ3) is 4.08.